The van der Waals surface area contributed by atoms with Crippen molar-refractivity contribution in [2.24, 2.45) is 0 Å². The molecule has 7 nitrogen and oxygen atoms in total. The summed E-state index contributed by atoms with van der Waals surface area (Å²) in [5.41, 5.74) is 1.69. The zero-order valence-corrected chi connectivity index (χ0v) is 12.2. The summed E-state index contributed by atoms with van der Waals surface area (Å²) in [5, 5.41) is 21.7. The molecule has 1 aliphatic rings. The van der Waals surface area contributed by atoms with E-state index < -0.39 is 17.6 Å². The number of benzene rings is 1. The van der Waals surface area contributed by atoms with Crippen LogP contribution < -0.4 is 5.32 Å². The Morgan fingerprint density at radius 1 is 1.00 bits per heavy atom. The number of hydrogen-bond acceptors (Lipinski definition) is 5. The molecule has 1 aliphatic carbocycles. The molecule has 118 valence electrons. The topological polar surface area (TPSA) is 112 Å². The molecule has 0 saturated carbocycles. The van der Waals surface area contributed by atoms with Gasteiger partial charge in [0.15, 0.2) is 11.4 Å². The third kappa shape index (κ3) is 2.98. The lowest BCUT2D eigenvalue weighted by molar-refractivity contribution is 0.0685. The number of aromatic carboxylic acids is 1. The van der Waals surface area contributed by atoms with Crippen LogP contribution in [-0.4, -0.2) is 32.1 Å². The molecule has 0 aliphatic heterocycles. The molecular weight excluding hydrogens is 298 g/mol. The number of nitrogens with one attached hydrogen (secondary N) is 1. The summed E-state index contributed by atoms with van der Waals surface area (Å²) in [6.45, 7) is 0. The zero-order chi connectivity index (χ0) is 16.4. The van der Waals surface area contributed by atoms with Crippen LogP contribution in [0.2, 0.25) is 0 Å². The Bertz CT molecular complexity index is 789. The zero-order valence-electron chi connectivity index (χ0n) is 12.2. The number of carboxylic acids is 1. The van der Waals surface area contributed by atoms with E-state index in [9.17, 15) is 14.7 Å². The molecule has 1 aromatic carbocycles. The van der Waals surface area contributed by atoms with Crippen LogP contribution in [0.3, 0.4) is 0 Å². The number of anilines is 1. The standard InChI is InChI=1S/C16H15N3O4/c20-12-8-10-4-2-1-3-9(10)7-11(12)19-15(21)13-14(16(22)23)18-6-5-17-13/h5-8,20H,1-4H2,(H,19,21)(H,22,23). The van der Waals surface area contributed by atoms with Gasteiger partial charge in [-0.2, -0.15) is 0 Å². The quantitative estimate of drug-likeness (QED) is 0.747. The molecule has 3 rings (SSSR count). The molecule has 0 saturated heterocycles. The Labute approximate surface area is 132 Å². The van der Waals surface area contributed by atoms with E-state index in [0.717, 1.165) is 36.8 Å². The Balaban J connectivity index is 1.90. The van der Waals surface area contributed by atoms with Gasteiger partial charge in [0.25, 0.3) is 5.91 Å². The smallest absolute Gasteiger partial charge is 0.356 e. The molecule has 1 aromatic heterocycles. The highest BCUT2D eigenvalue weighted by atomic mass is 16.4. The van der Waals surface area contributed by atoms with Gasteiger partial charge in [-0.1, -0.05) is 0 Å². The minimum atomic E-state index is -1.34. The van der Waals surface area contributed by atoms with E-state index in [-0.39, 0.29) is 17.1 Å². The second kappa shape index (κ2) is 6.04. The van der Waals surface area contributed by atoms with E-state index in [2.05, 4.69) is 15.3 Å². The van der Waals surface area contributed by atoms with Crippen molar-refractivity contribution in [1.82, 2.24) is 9.97 Å². The number of amides is 1. The van der Waals surface area contributed by atoms with Gasteiger partial charge in [-0.15, -0.1) is 0 Å². The van der Waals surface area contributed by atoms with Crippen molar-refractivity contribution in [2.75, 3.05) is 5.32 Å². The summed E-state index contributed by atoms with van der Waals surface area (Å²) in [5.74, 6) is -2.10. The number of aryl methyl sites for hydroxylation is 2. The molecule has 2 aromatic rings. The number of phenols is 1. The van der Waals surface area contributed by atoms with Crippen LogP contribution >= 0.6 is 0 Å². The normalized spacial score (nSPS) is 13.2. The van der Waals surface area contributed by atoms with Gasteiger partial charge < -0.3 is 15.5 Å². The SMILES string of the molecule is O=C(O)c1nccnc1C(=O)Nc1cc2c(cc1O)CCCC2. The first kappa shape index (κ1) is 15.0. The number of carbonyl (C=O) groups excluding carboxylic acids is 1. The predicted octanol–water partition coefficient (Wildman–Crippen LogP) is 2.01. The van der Waals surface area contributed by atoms with Crippen molar-refractivity contribution in [3.8, 4) is 5.75 Å². The molecule has 0 unspecified atom stereocenters. The highest BCUT2D eigenvalue weighted by Gasteiger charge is 2.21. The fraction of sp³-hybridized carbons (Fsp3) is 0.250. The maximum absolute atomic E-state index is 12.3. The van der Waals surface area contributed by atoms with Crippen LogP contribution in [0.1, 0.15) is 44.9 Å². The number of carboxylic acid groups (broad SMARTS) is 1. The lowest BCUT2D eigenvalue weighted by atomic mass is 9.91. The van der Waals surface area contributed by atoms with E-state index in [1.54, 1.807) is 12.1 Å². The first-order valence-corrected chi connectivity index (χ1v) is 7.26. The van der Waals surface area contributed by atoms with Crippen molar-refractivity contribution in [3.63, 3.8) is 0 Å². The van der Waals surface area contributed by atoms with Crippen LogP contribution in [0.4, 0.5) is 5.69 Å². The minimum absolute atomic E-state index is 0.0419. The van der Waals surface area contributed by atoms with Gasteiger partial charge in [-0.3, -0.25) is 4.79 Å². The van der Waals surface area contributed by atoms with E-state index >= 15 is 0 Å². The summed E-state index contributed by atoms with van der Waals surface area (Å²) in [7, 11) is 0. The first-order valence-electron chi connectivity index (χ1n) is 7.26. The van der Waals surface area contributed by atoms with E-state index in [1.165, 1.54) is 12.4 Å². The largest absolute Gasteiger partial charge is 0.506 e. The van der Waals surface area contributed by atoms with Gasteiger partial charge in [0.05, 0.1) is 5.69 Å². The number of fused-ring (bicyclic) bond motifs is 1. The molecule has 0 radical (unpaired) electrons. The van der Waals surface area contributed by atoms with E-state index in [4.69, 9.17) is 5.11 Å². The van der Waals surface area contributed by atoms with E-state index in [1.807, 2.05) is 0 Å². The van der Waals surface area contributed by atoms with Crippen molar-refractivity contribution in [3.05, 3.63) is 47.0 Å². The van der Waals surface area contributed by atoms with Crippen molar-refractivity contribution >= 4 is 17.6 Å². The van der Waals surface area contributed by atoms with Crippen molar-refractivity contribution < 1.29 is 19.8 Å². The van der Waals surface area contributed by atoms with Crippen LogP contribution in [0.15, 0.2) is 24.5 Å². The monoisotopic (exact) mass is 313 g/mol. The number of nitrogens with zero attached hydrogens (tertiary/aromatic N) is 2. The average Bonchev–Trinajstić information content (AvgIpc) is 2.55. The Morgan fingerprint density at radius 2 is 1.61 bits per heavy atom. The highest BCUT2D eigenvalue weighted by molar-refractivity contribution is 6.09. The number of aromatic nitrogens is 2. The van der Waals surface area contributed by atoms with Gasteiger partial charge in [0.2, 0.25) is 0 Å². The van der Waals surface area contributed by atoms with Gasteiger partial charge in [0.1, 0.15) is 5.75 Å². The molecule has 0 atom stereocenters. The highest BCUT2D eigenvalue weighted by Crippen LogP contribution is 2.32. The molecule has 1 heterocycles. The van der Waals surface area contributed by atoms with E-state index in [0.29, 0.717) is 0 Å². The Hall–Kier alpha value is -2.96. The number of hydrogen-bond donors (Lipinski definition) is 3. The molecule has 23 heavy (non-hydrogen) atoms. The summed E-state index contributed by atoms with van der Waals surface area (Å²) in [6.07, 6.45) is 6.40. The second-order valence-corrected chi connectivity index (χ2v) is 5.36. The summed E-state index contributed by atoms with van der Waals surface area (Å²) >= 11 is 0. The van der Waals surface area contributed by atoms with Gasteiger partial charge in [-0.25, -0.2) is 14.8 Å². The van der Waals surface area contributed by atoms with Crippen molar-refractivity contribution in [2.45, 2.75) is 25.7 Å². The van der Waals surface area contributed by atoms with Crippen LogP contribution in [0.25, 0.3) is 0 Å². The maximum atomic E-state index is 12.3. The Morgan fingerprint density at radius 3 is 2.26 bits per heavy atom. The van der Waals surface area contributed by atoms with Gasteiger partial charge >= 0.3 is 5.97 Å². The third-order valence-corrected chi connectivity index (χ3v) is 3.82. The second-order valence-electron chi connectivity index (χ2n) is 5.36. The molecule has 0 bridgehead atoms. The Kier molecular flexibility index (Phi) is 3.92. The van der Waals surface area contributed by atoms with Gasteiger partial charge in [0, 0.05) is 12.4 Å². The summed E-state index contributed by atoms with van der Waals surface area (Å²) in [6, 6.07) is 3.39. The lowest BCUT2D eigenvalue weighted by Crippen LogP contribution is -2.19. The average molecular weight is 313 g/mol. The minimum Gasteiger partial charge on any atom is -0.506 e. The fourth-order valence-electron chi connectivity index (χ4n) is 2.72. The lowest BCUT2D eigenvalue weighted by Gasteiger charge is -2.18. The van der Waals surface area contributed by atoms with Crippen LogP contribution in [-0.2, 0) is 12.8 Å². The third-order valence-electron chi connectivity index (χ3n) is 3.82. The van der Waals surface area contributed by atoms with Crippen LogP contribution in [0.5, 0.6) is 5.75 Å². The van der Waals surface area contributed by atoms with Crippen molar-refractivity contribution in [1.29, 1.82) is 0 Å². The molecule has 3 N–H and O–H groups in total. The first-order chi connectivity index (χ1) is 11.1. The number of aromatic hydroxyl groups is 1. The van der Waals surface area contributed by atoms with Crippen LogP contribution in [0, 0.1) is 0 Å². The fourth-order valence-corrected chi connectivity index (χ4v) is 2.72. The summed E-state index contributed by atoms with van der Waals surface area (Å²) < 4.78 is 0. The number of carbonyl (C=O) groups is 2. The molecular formula is C16H15N3O4. The molecule has 1 amide bonds. The molecule has 0 fully saturated rings. The van der Waals surface area contributed by atoms with Gasteiger partial charge in [-0.05, 0) is 48.9 Å². The number of rotatable bonds is 3. The summed E-state index contributed by atoms with van der Waals surface area (Å²) in [4.78, 5) is 30.8. The predicted molar refractivity (Wildman–Crippen MR) is 81.7 cm³/mol. The number of phenolic OH excluding ortho intramolecular Hbond substituents is 1. The maximum Gasteiger partial charge on any atom is 0.356 e. The molecule has 0 spiro atoms. The molecule has 7 heteroatoms.